The standard InChI is InChI=1S/C15H11NO2/c1-18-15(17)14-13-7-6-10-4-2-3-5-11(10)12(13)8-9-16-14/h2-9H,1H3. The third kappa shape index (κ3) is 1.52. The first kappa shape index (κ1) is 10.7. The molecule has 0 spiro atoms. The fourth-order valence-corrected chi connectivity index (χ4v) is 2.20. The van der Waals surface area contributed by atoms with E-state index in [2.05, 4.69) is 4.98 Å². The van der Waals surface area contributed by atoms with Gasteiger partial charge >= 0.3 is 5.97 Å². The molecular formula is C15H11NO2. The summed E-state index contributed by atoms with van der Waals surface area (Å²) in [5.41, 5.74) is 0.362. The zero-order chi connectivity index (χ0) is 12.5. The van der Waals surface area contributed by atoms with E-state index in [1.807, 2.05) is 42.5 Å². The van der Waals surface area contributed by atoms with Gasteiger partial charge < -0.3 is 4.74 Å². The van der Waals surface area contributed by atoms with E-state index in [9.17, 15) is 4.79 Å². The Morgan fingerprint density at radius 1 is 1.00 bits per heavy atom. The summed E-state index contributed by atoms with van der Waals surface area (Å²) in [6.45, 7) is 0. The second kappa shape index (κ2) is 4.11. The molecule has 2 aromatic carbocycles. The van der Waals surface area contributed by atoms with E-state index in [-0.39, 0.29) is 0 Å². The third-order valence-electron chi connectivity index (χ3n) is 3.05. The van der Waals surface area contributed by atoms with Gasteiger partial charge in [0.25, 0.3) is 0 Å². The van der Waals surface area contributed by atoms with Crippen LogP contribution >= 0.6 is 0 Å². The Balaban J connectivity index is 2.43. The predicted molar refractivity (Wildman–Crippen MR) is 70.6 cm³/mol. The number of ether oxygens (including phenoxy) is 1. The number of fused-ring (bicyclic) bond motifs is 3. The second-order valence-electron chi connectivity index (χ2n) is 4.03. The highest BCUT2D eigenvalue weighted by molar-refractivity contribution is 6.13. The lowest BCUT2D eigenvalue weighted by molar-refractivity contribution is 0.0596. The Bertz CT molecular complexity index is 750. The highest BCUT2D eigenvalue weighted by Gasteiger charge is 2.12. The second-order valence-corrected chi connectivity index (χ2v) is 4.03. The molecule has 0 N–H and O–H groups in total. The summed E-state index contributed by atoms with van der Waals surface area (Å²) in [6.07, 6.45) is 1.64. The minimum atomic E-state index is -0.407. The van der Waals surface area contributed by atoms with Gasteiger partial charge in [0.1, 0.15) is 0 Å². The van der Waals surface area contributed by atoms with Crippen LogP contribution in [0.3, 0.4) is 0 Å². The van der Waals surface area contributed by atoms with Crippen LogP contribution in [-0.4, -0.2) is 18.1 Å². The van der Waals surface area contributed by atoms with E-state index in [1.165, 1.54) is 7.11 Å². The van der Waals surface area contributed by atoms with Crippen LogP contribution in [0.2, 0.25) is 0 Å². The SMILES string of the molecule is COC(=O)c1nccc2c1ccc1ccccc12. The molecular weight excluding hydrogens is 226 g/mol. The zero-order valence-electron chi connectivity index (χ0n) is 9.88. The lowest BCUT2D eigenvalue weighted by atomic mass is 10.0. The van der Waals surface area contributed by atoms with Crippen LogP contribution in [-0.2, 0) is 4.74 Å². The molecule has 0 atom stereocenters. The van der Waals surface area contributed by atoms with Crippen LogP contribution in [0.25, 0.3) is 21.5 Å². The van der Waals surface area contributed by atoms with Crippen LogP contribution in [0.15, 0.2) is 48.7 Å². The van der Waals surface area contributed by atoms with Crippen molar-refractivity contribution in [3.05, 3.63) is 54.4 Å². The van der Waals surface area contributed by atoms with Gasteiger partial charge in [-0.2, -0.15) is 0 Å². The molecule has 88 valence electrons. The minimum absolute atomic E-state index is 0.362. The Morgan fingerprint density at radius 3 is 2.67 bits per heavy atom. The molecule has 3 rings (SSSR count). The Kier molecular flexibility index (Phi) is 2.45. The lowest BCUT2D eigenvalue weighted by Crippen LogP contribution is -2.04. The zero-order valence-corrected chi connectivity index (χ0v) is 9.88. The highest BCUT2D eigenvalue weighted by atomic mass is 16.5. The number of carbonyl (C=O) groups is 1. The molecule has 1 aromatic heterocycles. The molecule has 0 aliphatic carbocycles. The van der Waals surface area contributed by atoms with Gasteiger partial charge in [-0.15, -0.1) is 0 Å². The number of pyridine rings is 1. The number of hydrogen-bond acceptors (Lipinski definition) is 3. The lowest BCUT2D eigenvalue weighted by Gasteiger charge is -2.06. The summed E-state index contributed by atoms with van der Waals surface area (Å²) in [5.74, 6) is -0.407. The number of rotatable bonds is 1. The van der Waals surface area contributed by atoms with Gasteiger partial charge in [0.2, 0.25) is 0 Å². The average Bonchev–Trinajstić information content (AvgIpc) is 2.45. The van der Waals surface area contributed by atoms with Crippen LogP contribution < -0.4 is 0 Å². The molecule has 0 bridgehead atoms. The molecule has 0 unspecified atom stereocenters. The maximum atomic E-state index is 11.7. The molecule has 1 heterocycles. The van der Waals surface area contributed by atoms with E-state index in [0.29, 0.717) is 5.69 Å². The van der Waals surface area contributed by atoms with Crippen molar-refractivity contribution < 1.29 is 9.53 Å². The number of benzene rings is 2. The topological polar surface area (TPSA) is 39.2 Å². The van der Waals surface area contributed by atoms with Gasteiger partial charge in [0.05, 0.1) is 7.11 Å². The number of hydrogen-bond donors (Lipinski definition) is 0. The minimum Gasteiger partial charge on any atom is -0.464 e. The number of esters is 1. The fraction of sp³-hybridized carbons (Fsp3) is 0.0667. The molecule has 0 amide bonds. The van der Waals surface area contributed by atoms with Crippen molar-refractivity contribution in [2.24, 2.45) is 0 Å². The molecule has 0 fully saturated rings. The van der Waals surface area contributed by atoms with Crippen molar-refractivity contribution in [1.82, 2.24) is 4.98 Å². The van der Waals surface area contributed by atoms with Crippen LogP contribution in [0.1, 0.15) is 10.5 Å². The first-order valence-electron chi connectivity index (χ1n) is 5.66. The van der Waals surface area contributed by atoms with Crippen molar-refractivity contribution in [2.45, 2.75) is 0 Å². The van der Waals surface area contributed by atoms with Crippen molar-refractivity contribution >= 4 is 27.5 Å². The summed E-state index contributed by atoms with van der Waals surface area (Å²) in [7, 11) is 1.36. The summed E-state index contributed by atoms with van der Waals surface area (Å²) in [5, 5.41) is 4.10. The monoisotopic (exact) mass is 237 g/mol. The molecule has 0 saturated heterocycles. The van der Waals surface area contributed by atoms with Crippen molar-refractivity contribution in [2.75, 3.05) is 7.11 Å². The van der Waals surface area contributed by atoms with Crippen molar-refractivity contribution in [1.29, 1.82) is 0 Å². The average molecular weight is 237 g/mol. The molecule has 0 aliphatic rings. The normalized spacial score (nSPS) is 10.7. The highest BCUT2D eigenvalue weighted by Crippen LogP contribution is 2.26. The maximum Gasteiger partial charge on any atom is 0.357 e. The summed E-state index contributed by atoms with van der Waals surface area (Å²) in [4.78, 5) is 15.8. The Morgan fingerprint density at radius 2 is 1.83 bits per heavy atom. The van der Waals surface area contributed by atoms with E-state index in [0.717, 1.165) is 21.5 Å². The van der Waals surface area contributed by atoms with E-state index >= 15 is 0 Å². The van der Waals surface area contributed by atoms with E-state index in [1.54, 1.807) is 6.20 Å². The van der Waals surface area contributed by atoms with Gasteiger partial charge in [-0.25, -0.2) is 9.78 Å². The maximum absolute atomic E-state index is 11.7. The van der Waals surface area contributed by atoms with Gasteiger partial charge in [-0.1, -0.05) is 36.4 Å². The Labute approximate surface area is 104 Å². The van der Waals surface area contributed by atoms with Gasteiger partial charge in [-0.3, -0.25) is 0 Å². The fourth-order valence-electron chi connectivity index (χ4n) is 2.20. The number of methoxy groups -OCH3 is 1. The van der Waals surface area contributed by atoms with Gasteiger partial charge in [0.15, 0.2) is 5.69 Å². The van der Waals surface area contributed by atoms with E-state index < -0.39 is 5.97 Å². The number of carbonyl (C=O) groups excluding carboxylic acids is 1. The molecule has 3 nitrogen and oxygen atoms in total. The largest absolute Gasteiger partial charge is 0.464 e. The van der Waals surface area contributed by atoms with Gasteiger partial charge in [0, 0.05) is 11.6 Å². The molecule has 3 aromatic rings. The molecule has 3 heteroatoms. The quantitative estimate of drug-likeness (QED) is 0.482. The first-order chi connectivity index (χ1) is 8.81. The number of aromatic nitrogens is 1. The third-order valence-corrected chi connectivity index (χ3v) is 3.05. The number of nitrogens with zero attached hydrogens (tertiary/aromatic N) is 1. The predicted octanol–water partition coefficient (Wildman–Crippen LogP) is 3.17. The first-order valence-corrected chi connectivity index (χ1v) is 5.66. The Hall–Kier alpha value is -2.42. The van der Waals surface area contributed by atoms with Crippen LogP contribution in [0.5, 0.6) is 0 Å². The van der Waals surface area contributed by atoms with Crippen molar-refractivity contribution in [3.8, 4) is 0 Å². The smallest absolute Gasteiger partial charge is 0.357 e. The van der Waals surface area contributed by atoms with Crippen molar-refractivity contribution in [3.63, 3.8) is 0 Å². The van der Waals surface area contributed by atoms with Crippen LogP contribution in [0, 0.1) is 0 Å². The molecule has 18 heavy (non-hydrogen) atoms. The molecule has 0 aliphatic heterocycles. The molecule has 0 saturated carbocycles. The molecule has 0 radical (unpaired) electrons. The summed E-state index contributed by atoms with van der Waals surface area (Å²) in [6, 6.07) is 13.9. The summed E-state index contributed by atoms with van der Waals surface area (Å²) < 4.78 is 4.75. The summed E-state index contributed by atoms with van der Waals surface area (Å²) >= 11 is 0. The van der Waals surface area contributed by atoms with E-state index in [4.69, 9.17) is 4.74 Å². The van der Waals surface area contributed by atoms with Crippen LogP contribution in [0.4, 0.5) is 0 Å². The van der Waals surface area contributed by atoms with Gasteiger partial charge in [-0.05, 0) is 22.2 Å².